The fraction of sp³-hybridized carbons (Fsp3) is 0.348. The number of aromatic amines is 1. The molecule has 36 heavy (non-hydrogen) atoms. The Morgan fingerprint density at radius 3 is 2.72 bits per heavy atom. The lowest BCUT2D eigenvalue weighted by molar-refractivity contribution is -0.144. The minimum Gasteiger partial charge on any atom is -0.384 e. The third kappa shape index (κ3) is 4.87. The van der Waals surface area contributed by atoms with Crippen LogP contribution in [0.2, 0.25) is 0 Å². The number of halogens is 3. The lowest BCUT2D eigenvalue weighted by Crippen LogP contribution is -2.52. The Hall–Kier alpha value is -4.00. The van der Waals surface area contributed by atoms with Crippen molar-refractivity contribution in [2.24, 2.45) is 9.98 Å². The molecule has 3 aromatic rings. The molecule has 0 aromatic carbocycles. The van der Waals surface area contributed by atoms with Crippen molar-refractivity contribution in [1.82, 2.24) is 29.4 Å². The molecule has 0 radical (unpaired) electrons. The summed E-state index contributed by atoms with van der Waals surface area (Å²) in [6.45, 7) is 7.82. The highest BCUT2D eigenvalue weighted by Gasteiger charge is 2.35. The van der Waals surface area contributed by atoms with Gasteiger partial charge in [-0.05, 0) is 38.8 Å². The second kappa shape index (κ2) is 9.93. The molecule has 0 saturated carbocycles. The number of imidazole rings is 1. The van der Waals surface area contributed by atoms with Crippen LogP contribution in [0, 0.1) is 0 Å². The Bertz CT molecular complexity index is 1310. The molecule has 1 aliphatic rings. The quantitative estimate of drug-likeness (QED) is 0.411. The van der Waals surface area contributed by atoms with Crippen molar-refractivity contribution in [2.45, 2.75) is 32.2 Å². The second-order valence-corrected chi connectivity index (χ2v) is 8.23. The Morgan fingerprint density at radius 2 is 2.11 bits per heavy atom. The number of allylic oxidation sites excluding steroid dienone is 1. The first kappa shape index (κ1) is 25.1. The Labute approximate surface area is 204 Å². The van der Waals surface area contributed by atoms with Gasteiger partial charge in [-0.25, -0.2) is 15.0 Å². The Morgan fingerprint density at radius 1 is 1.33 bits per heavy atom. The Kier molecular flexibility index (Phi) is 6.93. The van der Waals surface area contributed by atoms with Crippen molar-refractivity contribution in [3.63, 3.8) is 0 Å². The van der Waals surface area contributed by atoms with Crippen LogP contribution in [-0.2, 0) is 11.0 Å². The van der Waals surface area contributed by atoms with Crippen molar-refractivity contribution < 1.29 is 23.1 Å². The molecular formula is C23H25F3N8O2. The number of nitrogens with zero attached hydrogens (tertiary/aromatic N) is 7. The van der Waals surface area contributed by atoms with E-state index in [-0.39, 0.29) is 11.5 Å². The Balaban J connectivity index is 1.67. The van der Waals surface area contributed by atoms with Crippen molar-refractivity contribution >= 4 is 24.1 Å². The molecule has 2 atom stereocenters. The van der Waals surface area contributed by atoms with Gasteiger partial charge < -0.3 is 14.9 Å². The molecular weight excluding hydrogens is 477 g/mol. The average molecular weight is 503 g/mol. The number of pyridine rings is 1. The number of aliphatic hydroxyl groups is 1. The van der Waals surface area contributed by atoms with E-state index in [1.54, 1.807) is 30.3 Å². The van der Waals surface area contributed by atoms with Gasteiger partial charge in [0.25, 0.3) is 5.91 Å². The highest BCUT2D eigenvalue weighted by molar-refractivity contribution is 6.01. The summed E-state index contributed by atoms with van der Waals surface area (Å²) >= 11 is 0. The van der Waals surface area contributed by atoms with Gasteiger partial charge in [-0.3, -0.25) is 14.3 Å². The number of fused-ring (bicyclic) bond motifs is 1. The van der Waals surface area contributed by atoms with Crippen LogP contribution in [-0.4, -0.2) is 78.7 Å². The van der Waals surface area contributed by atoms with Crippen LogP contribution >= 0.6 is 0 Å². The van der Waals surface area contributed by atoms with Crippen molar-refractivity contribution in [3.05, 3.63) is 65.6 Å². The zero-order valence-corrected chi connectivity index (χ0v) is 19.6. The number of aromatic nitrogens is 4. The first-order valence-corrected chi connectivity index (χ1v) is 11.1. The molecule has 0 bridgehead atoms. The average Bonchev–Trinajstić information content (AvgIpc) is 3.54. The largest absolute Gasteiger partial charge is 0.417 e. The summed E-state index contributed by atoms with van der Waals surface area (Å²) < 4.78 is 41.1. The third-order valence-electron chi connectivity index (χ3n) is 5.94. The fourth-order valence-corrected chi connectivity index (χ4v) is 4.14. The molecule has 190 valence electrons. The van der Waals surface area contributed by atoms with Gasteiger partial charge in [0.05, 0.1) is 24.0 Å². The summed E-state index contributed by atoms with van der Waals surface area (Å²) in [4.78, 5) is 28.9. The zero-order valence-electron chi connectivity index (χ0n) is 19.6. The molecule has 0 aliphatic carbocycles. The third-order valence-corrected chi connectivity index (χ3v) is 5.94. The van der Waals surface area contributed by atoms with Crippen molar-refractivity contribution in [2.75, 3.05) is 19.6 Å². The number of hydrogen-bond acceptors (Lipinski definition) is 6. The minimum absolute atomic E-state index is 0.0947. The molecule has 0 spiro atoms. The summed E-state index contributed by atoms with van der Waals surface area (Å²) in [5, 5.41) is 16.6. The van der Waals surface area contributed by atoms with E-state index in [1.807, 2.05) is 4.90 Å². The highest BCUT2D eigenvalue weighted by atomic mass is 19.4. The molecule has 10 nitrogen and oxygen atoms in total. The van der Waals surface area contributed by atoms with Crippen LogP contribution in [0.15, 0.2) is 58.8 Å². The minimum atomic E-state index is -4.52. The number of amidine groups is 1. The first-order chi connectivity index (χ1) is 17.1. The van der Waals surface area contributed by atoms with E-state index in [2.05, 4.69) is 31.9 Å². The van der Waals surface area contributed by atoms with Crippen LogP contribution in [0.4, 0.5) is 13.2 Å². The molecule has 4 rings (SSSR count). The predicted molar refractivity (Wildman–Crippen MR) is 126 cm³/mol. The molecule has 2 N–H and O–H groups in total. The van der Waals surface area contributed by atoms with Crippen LogP contribution < -0.4 is 0 Å². The number of nitrogens with one attached hydrogen (secondary N) is 1. The normalized spacial score (nSPS) is 18.6. The van der Waals surface area contributed by atoms with E-state index in [1.165, 1.54) is 23.6 Å². The number of rotatable bonds is 5. The number of H-pyrrole nitrogens is 1. The molecule has 1 saturated heterocycles. The van der Waals surface area contributed by atoms with Gasteiger partial charge in [0.15, 0.2) is 5.84 Å². The van der Waals surface area contributed by atoms with Gasteiger partial charge in [0, 0.05) is 37.6 Å². The summed E-state index contributed by atoms with van der Waals surface area (Å²) in [6, 6.07) is 1.83. The lowest BCUT2D eigenvalue weighted by Gasteiger charge is -2.42. The standard InChI is InChI=1S/C23H25F3N8O2/c1-4-19(32-7-8-33(22(36)14(2)35)18(13-32)15-9-29-30-10-15)31-21(27-3)17-11-28-20-6-5-16(12-34(17)20)23(24,25)26/h4-6,9-12,14,18,35H,3,7-8,13H2,1-2H3,(H,29,30)/b19-4+,31-21-. The van der Waals surface area contributed by atoms with E-state index >= 15 is 0 Å². The molecule has 1 amide bonds. The van der Waals surface area contributed by atoms with E-state index in [9.17, 15) is 23.1 Å². The molecule has 3 aromatic heterocycles. The second-order valence-electron chi connectivity index (χ2n) is 8.23. The van der Waals surface area contributed by atoms with E-state index in [4.69, 9.17) is 0 Å². The van der Waals surface area contributed by atoms with Crippen LogP contribution in [0.3, 0.4) is 0 Å². The molecule has 2 unspecified atom stereocenters. The molecule has 4 heterocycles. The van der Waals surface area contributed by atoms with Gasteiger partial charge in [-0.15, -0.1) is 0 Å². The summed E-state index contributed by atoms with van der Waals surface area (Å²) in [5.41, 5.74) is 0.490. The van der Waals surface area contributed by atoms with E-state index < -0.39 is 29.8 Å². The predicted octanol–water partition coefficient (Wildman–Crippen LogP) is 2.65. The lowest BCUT2D eigenvalue weighted by atomic mass is 10.0. The summed E-state index contributed by atoms with van der Waals surface area (Å²) in [7, 11) is 0. The number of carbonyl (C=O) groups excluding carboxylic acids is 1. The number of aliphatic hydroxyl groups excluding tert-OH is 1. The number of amides is 1. The van der Waals surface area contributed by atoms with E-state index in [0.29, 0.717) is 31.1 Å². The fourth-order valence-electron chi connectivity index (χ4n) is 4.14. The van der Waals surface area contributed by atoms with Crippen LogP contribution in [0.5, 0.6) is 0 Å². The maximum atomic E-state index is 13.3. The molecule has 1 fully saturated rings. The van der Waals surface area contributed by atoms with Gasteiger partial charge in [0.2, 0.25) is 0 Å². The molecule has 1 aliphatic heterocycles. The van der Waals surface area contributed by atoms with E-state index in [0.717, 1.165) is 17.8 Å². The number of piperazine rings is 1. The van der Waals surface area contributed by atoms with Gasteiger partial charge in [0.1, 0.15) is 23.3 Å². The highest BCUT2D eigenvalue weighted by Crippen LogP contribution is 2.30. The SMILES string of the molecule is C=N/C(=N\C(=C/C)N1CCN(C(=O)C(C)O)C(c2cn[nH]c2)C1)c1cnc2ccc(C(F)(F)F)cn12. The maximum Gasteiger partial charge on any atom is 0.417 e. The van der Waals surface area contributed by atoms with Crippen molar-refractivity contribution in [1.29, 1.82) is 0 Å². The number of carbonyl (C=O) groups is 1. The van der Waals surface area contributed by atoms with Crippen LogP contribution in [0.1, 0.15) is 36.7 Å². The van der Waals surface area contributed by atoms with Gasteiger partial charge in [-0.2, -0.15) is 18.3 Å². The van der Waals surface area contributed by atoms with Crippen molar-refractivity contribution in [3.8, 4) is 0 Å². The topological polar surface area (TPSA) is 114 Å². The number of hydrogen-bond donors (Lipinski definition) is 2. The molecule has 13 heteroatoms. The smallest absolute Gasteiger partial charge is 0.384 e. The number of aliphatic imine (C=N–C) groups is 2. The van der Waals surface area contributed by atoms with Crippen LogP contribution in [0.25, 0.3) is 5.65 Å². The van der Waals surface area contributed by atoms with Gasteiger partial charge in [-0.1, -0.05) is 0 Å². The number of alkyl halides is 3. The zero-order chi connectivity index (χ0) is 26.0. The van der Waals surface area contributed by atoms with Gasteiger partial charge >= 0.3 is 6.18 Å². The maximum absolute atomic E-state index is 13.3. The summed E-state index contributed by atoms with van der Waals surface area (Å²) in [6.07, 6.45) is 1.71. The first-order valence-electron chi connectivity index (χ1n) is 11.1. The monoisotopic (exact) mass is 502 g/mol. The summed E-state index contributed by atoms with van der Waals surface area (Å²) in [5.74, 6) is 0.195.